The van der Waals surface area contributed by atoms with Gasteiger partial charge in [0.2, 0.25) is 11.8 Å². The maximum atomic E-state index is 12.2. The van der Waals surface area contributed by atoms with Crippen molar-refractivity contribution in [3.8, 4) is 11.6 Å². The van der Waals surface area contributed by atoms with Gasteiger partial charge in [-0.15, -0.1) is 0 Å². The molecule has 1 aromatic carbocycles. The molecule has 3 aromatic rings. The summed E-state index contributed by atoms with van der Waals surface area (Å²) in [7, 11) is 0. The molecular weight excluding hydrogens is 326 g/mol. The molecular formula is C21H21N3O2. The maximum absolute atomic E-state index is 12.2. The number of carbonyl (C=O) groups is 1. The highest BCUT2D eigenvalue weighted by Crippen LogP contribution is 2.29. The van der Waals surface area contributed by atoms with Crippen molar-refractivity contribution >= 4 is 5.91 Å². The highest BCUT2D eigenvalue weighted by molar-refractivity contribution is 5.78. The number of hydrogen-bond acceptors (Lipinski definition) is 4. The highest BCUT2D eigenvalue weighted by Gasteiger charge is 2.11. The first-order chi connectivity index (χ1) is 12.6. The number of amides is 1. The van der Waals surface area contributed by atoms with E-state index in [2.05, 4.69) is 15.3 Å². The van der Waals surface area contributed by atoms with Crippen molar-refractivity contribution in [2.45, 2.75) is 26.8 Å². The van der Waals surface area contributed by atoms with Gasteiger partial charge in [-0.05, 0) is 43.2 Å². The molecule has 26 heavy (non-hydrogen) atoms. The van der Waals surface area contributed by atoms with E-state index in [4.69, 9.17) is 4.74 Å². The van der Waals surface area contributed by atoms with E-state index in [0.29, 0.717) is 12.4 Å². The lowest BCUT2D eigenvalue weighted by Crippen LogP contribution is -2.25. The second kappa shape index (κ2) is 8.25. The van der Waals surface area contributed by atoms with Crippen LogP contribution in [0.4, 0.5) is 0 Å². The summed E-state index contributed by atoms with van der Waals surface area (Å²) < 4.78 is 6.05. The Bertz CT molecular complexity index is 875. The molecule has 0 unspecified atom stereocenters. The quantitative estimate of drug-likeness (QED) is 0.738. The number of rotatable bonds is 6. The zero-order valence-corrected chi connectivity index (χ0v) is 14.9. The van der Waals surface area contributed by atoms with Gasteiger partial charge in [-0.3, -0.25) is 9.78 Å². The molecule has 5 nitrogen and oxygen atoms in total. The Morgan fingerprint density at radius 2 is 1.73 bits per heavy atom. The van der Waals surface area contributed by atoms with Crippen molar-refractivity contribution in [2.75, 3.05) is 0 Å². The van der Waals surface area contributed by atoms with E-state index >= 15 is 0 Å². The SMILES string of the molecule is Cc1cccc(C)c1Oc1ncccc1CNC(=O)Cc1ccccn1. The first kappa shape index (κ1) is 17.6. The van der Waals surface area contributed by atoms with Crippen molar-refractivity contribution in [1.82, 2.24) is 15.3 Å². The second-order valence-corrected chi connectivity index (χ2v) is 6.07. The van der Waals surface area contributed by atoms with E-state index in [1.54, 1.807) is 12.4 Å². The van der Waals surface area contributed by atoms with Crippen LogP contribution in [-0.4, -0.2) is 15.9 Å². The molecule has 2 heterocycles. The molecule has 0 aliphatic heterocycles. The fourth-order valence-electron chi connectivity index (χ4n) is 2.63. The molecule has 0 fully saturated rings. The molecule has 1 amide bonds. The lowest BCUT2D eigenvalue weighted by Gasteiger charge is -2.14. The normalized spacial score (nSPS) is 10.4. The first-order valence-corrected chi connectivity index (χ1v) is 8.48. The summed E-state index contributed by atoms with van der Waals surface area (Å²) in [5.74, 6) is 1.21. The summed E-state index contributed by atoms with van der Waals surface area (Å²) >= 11 is 0. The smallest absolute Gasteiger partial charge is 0.226 e. The van der Waals surface area contributed by atoms with Crippen LogP contribution in [0, 0.1) is 13.8 Å². The van der Waals surface area contributed by atoms with Gasteiger partial charge in [0.1, 0.15) is 5.75 Å². The Morgan fingerprint density at radius 1 is 0.962 bits per heavy atom. The van der Waals surface area contributed by atoms with Gasteiger partial charge in [-0.2, -0.15) is 0 Å². The summed E-state index contributed by atoms with van der Waals surface area (Å²) in [6.45, 7) is 4.35. The number of hydrogen-bond donors (Lipinski definition) is 1. The van der Waals surface area contributed by atoms with Crippen LogP contribution in [-0.2, 0) is 17.8 Å². The molecule has 0 bridgehead atoms. The number of aromatic nitrogens is 2. The third-order valence-corrected chi connectivity index (χ3v) is 4.00. The third kappa shape index (κ3) is 4.45. The molecule has 3 rings (SSSR count). The summed E-state index contributed by atoms with van der Waals surface area (Å²) in [4.78, 5) is 20.7. The molecule has 0 saturated carbocycles. The van der Waals surface area contributed by atoms with E-state index in [1.807, 2.05) is 62.4 Å². The maximum Gasteiger partial charge on any atom is 0.226 e. The van der Waals surface area contributed by atoms with E-state index in [1.165, 1.54) is 0 Å². The molecule has 2 aromatic heterocycles. The van der Waals surface area contributed by atoms with Crippen molar-refractivity contribution < 1.29 is 9.53 Å². The van der Waals surface area contributed by atoms with Gasteiger partial charge in [0.05, 0.1) is 6.42 Å². The van der Waals surface area contributed by atoms with Crippen molar-refractivity contribution in [2.24, 2.45) is 0 Å². The number of para-hydroxylation sites is 1. The molecule has 132 valence electrons. The molecule has 0 radical (unpaired) electrons. The topological polar surface area (TPSA) is 64.1 Å². The molecule has 5 heteroatoms. The van der Waals surface area contributed by atoms with Gasteiger partial charge in [-0.25, -0.2) is 4.98 Å². The Kier molecular flexibility index (Phi) is 5.59. The minimum atomic E-state index is -0.0921. The summed E-state index contributed by atoms with van der Waals surface area (Å²) in [6, 6.07) is 15.3. The fourth-order valence-corrected chi connectivity index (χ4v) is 2.63. The van der Waals surface area contributed by atoms with Crippen molar-refractivity contribution in [1.29, 1.82) is 0 Å². The Balaban J connectivity index is 1.68. The molecule has 0 atom stereocenters. The number of nitrogens with zero attached hydrogens (tertiary/aromatic N) is 2. The number of ether oxygens (including phenoxy) is 1. The van der Waals surface area contributed by atoms with Crippen LogP contribution in [0.25, 0.3) is 0 Å². The lowest BCUT2D eigenvalue weighted by atomic mass is 10.1. The Labute approximate surface area is 153 Å². The van der Waals surface area contributed by atoms with E-state index in [-0.39, 0.29) is 12.3 Å². The molecule has 0 aliphatic rings. The number of benzene rings is 1. The van der Waals surface area contributed by atoms with Gasteiger partial charge < -0.3 is 10.1 Å². The van der Waals surface area contributed by atoms with E-state index in [0.717, 1.165) is 28.1 Å². The predicted molar refractivity (Wildman–Crippen MR) is 100 cm³/mol. The van der Waals surface area contributed by atoms with Gasteiger partial charge in [0.15, 0.2) is 0 Å². The minimum absolute atomic E-state index is 0.0921. The van der Waals surface area contributed by atoms with Gasteiger partial charge in [-0.1, -0.05) is 30.3 Å². The molecule has 0 spiro atoms. The van der Waals surface area contributed by atoms with Crippen LogP contribution >= 0.6 is 0 Å². The molecule has 1 N–H and O–H groups in total. The summed E-state index contributed by atoms with van der Waals surface area (Å²) in [5.41, 5.74) is 3.65. The fraction of sp³-hybridized carbons (Fsp3) is 0.190. The standard InChI is InChI=1S/C21H21N3O2/c1-15-7-5-8-16(2)20(15)26-21-17(9-6-12-23-21)14-24-19(25)13-18-10-3-4-11-22-18/h3-12H,13-14H2,1-2H3,(H,24,25). The highest BCUT2D eigenvalue weighted by atomic mass is 16.5. The van der Waals surface area contributed by atoms with Crippen LogP contribution in [0.3, 0.4) is 0 Å². The van der Waals surface area contributed by atoms with Crippen LogP contribution in [0.15, 0.2) is 60.9 Å². The first-order valence-electron chi connectivity index (χ1n) is 8.48. The average Bonchev–Trinajstić information content (AvgIpc) is 2.65. The number of carbonyl (C=O) groups excluding carboxylic acids is 1. The Hall–Kier alpha value is -3.21. The minimum Gasteiger partial charge on any atom is -0.438 e. The average molecular weight is 347 g/mol. The molecule has 0 aliphatic carbocycles. The zero-order valence-electron chi connectivity index (χ0n) is 14.9. The Morgan fingerprint density at radius 3 is 2.46 bits per heavy atom. The van der Waals surface area contributed by atoms with Crippen molar-refractivity contribution in [3.63, 3.8) is 0 Å². The predicted octanol–water partition coefficient (Wildman–Crippen LogP) is 3.74. The van der Waals surface area contributed by atoms with Gasteiger partial charge in [0, 0.05) is 30.2 Å². The van der Waals surface area contributed by atoms with Crippen LogP contribution in [0.1, 0.15) is 22.4 Å². The van der Waals surface area contributed by atoms with Gasteiger partial charge >= 0.3 is 0 Å². The van der Waals surface area contributed by atoms with Gasteiger partial charge in [0.25, 0.3) is 0 Å². The second-order valence-electron chi connectivity index (χ2n) is 6.07. The number of aryl methyl sites for hydroxylation is 2. The lowest BCUT2D eigenvalue weighted by molar-refractivity contribution is -0.120. The molecule has 0 saturated heterocycles. The number of nitrogens with one attached hydrogen (secondary N) is 1. The number of pyridine rings is 2. The van der Waals surface area contributed by atoms with Crippen LogP contribution < -0.4 is 10.1 Å². The monoisotopic (exact) mass is 347 g/mol. The zero-order chi connectivity index (χ0) is 18.4. The summed E-state index contributed by atoms with van der Waals surface area (Å²) in [6.07, 6.45) is 3.61. The van der Waals surface area contributed by atoms with Crippen molar-refractivity contribution in [3.05, 3.63) is 83.3 Å². The van der Waals surface area contributed by atoms with Crippen LogP contribution in [0.5, 0.6) is 11.6 Å². The third-order valence-electron chi connectivity index (χ3n) is 4.00. The van der Waals surface area contributed by atoms with Crippen LogP contribution in [0.2, 0.25) is 0 Å². The van der Waals surface area contributed by atoms with E-state index in [9.17, 15) is 4.79 Å². The largest absolute Gasteiger partial charge is 0.438 e. The van der Waals surface area contributed by atoms with E-state index < -0.39 is 0 Å². The summed E-state index contributed by atoms with van der Waals surface area (Å²) in [5, 5.41) is 2.90.